The van der Waals surface area contributed by atoms with Gasteiger partial charge in [0.25, 0.3) is 0 Å². The van der Waals surface area contributed by atoms with Gasteiger partial charge in [0, 0.05) is 25.8 Å². The van der Waals surface area contributed by atoms with E-state index >= 15 is 0 Å². The second kappa shape index (κ2) is 5.88. The minimum atomic E-state index is -0.105. The molecule has 2 saturated heterocycles. The van der Waals surface area contributed by atoms with Crippen LogP contribution in [0.5, 0.6) is 0 Å². The molecule has 0 radical (unpaired) electrons. The number of amides is 1. The Hall–Kier alpha value is -0.610. The third-order valence-corrected chi connectivity index (χ3v) is 6.23. The summed E-state index contributed by atoms with van der Waals surface area (Å²) in [5.41, 5.74) is 0.0575. The van der Waals surface area contributed by atoms with Gasteiger partial charge in [-0.15, -0.1) is 0 Å². The number of ether oxygens (including phenoxy) is 1. The lowest BCUT2D eigenvalue weighted by atomic mass is 9.74. The Morgan fingerprint density at radius 2 is 2.05 bits per heavy atom. The monoisotopic (exact) mass is 294 g/mol. The smallest absolute Gasteiger partial charge is 0.227 e. The van der Waals surface area contributed by atoms with E-state index in [1.165, 1.54) is 6.42 Å². The first-order chi connectivity index (χ1) is 10.0. The van der Waals surface area contributed by atoms with Gasteiger partial charge < -0.3 is 15.4 Å². The van der Waals surface area contributed by atoms with Crippen molar-refractivity contribution < 1.29 is 9.53 Å². The fraction of sp³-hybridized carbons (Fsp3) is 0.941. The lowest BCUT2D eigenvalue weighted by Crippen LogP contribution is -2.49. The normalized spacial score (nSPS) is 33.9. The maximum atomic E-state index is 12.8. The molecule has 2 N–H and O–H groups in total. The van der Waals surface area contributed by atoms with Crippen LogP contribution in [0.15, 0.2) is 0 Å². The molecule has 2 aliphatic heterocycles. The molecule has 1 saturated carbocycles. The number of rotatable bonds is 4. The summed E-state index contributed by atoms with van der Waals surface area (Å²) in [5.74, 6) is 0.959. The first-order valence-electron chi connectivity index (χ1n) is 8.64. The summed E-state index contributed by atoms with van der Waals surface area (Å²) >= 11 is 0. The van der Waals surface area contributed by atoms with E-state index in [0.29, 0.717) is 17.9 Å². The highest BCUT2D eigenvalue weighted by atomic mass is 16.5. The molecular formula is C17H30N2O2. The Balaban J connectivity index is 1.57. The quantitative estimate of drug-likeness (QED) is 0.835. The van der Waals surface area contributed by atoms with Crippen molar-refractivity contribution in [2.75, 3.05) is 26.3 Å². The van der Waals surface area contributed by atoms with Crippen molar-refractivity contribution >= 4 is 5.91 Å². The highest BCUT2D eigenvalue weighted by Crippen LogP contribution is 2.45. The topological polar surface area (TPSA) is 50.4 Å². The van der Waals surface area contributed by atoms with Crippen molar-refractivity contribution in [3.63, 3.8) is 0 Å². The van der Waals surface area contributed by atoms with E-state index in [-0.39, 0.29) is 10.8 Å². The fourth-order valence-corrected chi connectivity index (χ4v) is 4.63. The highest BCUT2D eigenvalue weighted by Gasteiger charge is 2.51. The van der Waals surface area contributed by atoms with Gasteiger partial charge in [-0.3, -0.25) is 4.79 Å². The minimum absolute atomic E-state index is 0.105. The number of nitrogens with one attached hydrogen (secondary N) is 2. The Bertz CT molecular complexity index is 378. The van der Waals surface area contributed by atoms with Gasteiger partial charge in [0.15, 0.2) is 0 Å². The summed E-state index contributed by atoms with van der Waals surface area (Å²) in [6, 6.07) is 0.420. The van der Waals surface area contributed by atoms with E-state index in [1.54, 1.807) is 0 Å². The fourth-order valence-electron chi connectivity index (χ4n) is 4.63. The van der Waals surface area contributed by atoms with Crippen LogP contribution in [0.25, 0.3) is 0 Å². The standard InChI is InChI=1S/C17H30N2O2/c1-16(2,13-5-10-21-11-6-13)12-19-15(20)17-7-3-4-14(17)18-9-8-17/h13-14,18H,3-12H2,1-2H3,(H,19,20)/t14-,17+/m1/s1. The van der Waals surface area contributed by atoms with Crippen molar-refractivity contribution in [2.45, 2.75) is 58.4 Å². The zero-order valence-corrected chi connectivity index (χ0v) is 13.5. The summed E-state index contributed by atoms with van der Waals surface area (Å²) < 4.78 is 5.46. The predicted molar refractivity (Wildman–Crippen MR) is 83.0 cm³/mol. The third kappa shape index (κ3) is 2.85. The molecule has 3 fully saturated rings. The van der Waals surface area contributed by atoms with Crippen LogP contribution in [0.3, 0.4) is 0 Å². The molecule has 1 aliphatic carbocycles. The SMILES string of the molecule is CC(C)(CNC(=O)[C@]12CCC[C@H]1NCC2)C1CCOCC1. The molecule has 2 atom stereocenters. The van der Waals surface area contributed by atoms with Crippen molar-refractivity contribution in [1.29, 1.82) is 0 Å². The maximum absolute atomic E-state index is 12.8. The average molecular weight is 294 g/mol. The Morgan fingerprint density at radius 1 is 1.29 bits per heavy atom. The van der Waals surface area contributed by atoms with Crippen LogP contribution in [0.2, 0.25) is 0 Å². The number of fused-ring (bicyclic) bond motifs is 1. The molecule has 21 heavy (non-hydrogen) atoms. The number of carbonyl (C=O) groups excluding carboxylic acids is 1. The van der Waals surface area contributed by atoms with E-state index in [1.807, 2.05) is 0 Å². The van der Waals surface area contributed by atoms with Crippen molar-refractivity contribution in [2.24, 2.45) is 16.7 Å². The maximum Gasteiger partial charge on any atom is 0.227 e. The number of hydrogen-bond acceptors (Lipinski definition) is 3. The van der Waals surface area contributed by atoms with Crippen molar-refractivity contribution in [3.8, 4) is 0 Å². The van der Waals surface area contributed by atoms with Gasteiger partial charge >= 0.3 is 0 Å². The minimum Gasteiger partial charge on any atom is -0.381 e. The molecule has 4 nitrogen and oxygen atoms in total. The van der Waals surface area contributed by atoms with Gasteiger partial charge in [0.2, 0.25) is 5.91 Å². The van der Waals surface area contributed by atoms with Crippen molar-refractivity contribution in [3.05, 3.63) is 0 Å². The number of carbonyl (C=O) groups is 1. The molecule has 4 heteroatoms. The molecular weight excluding hydrogens is 264 g/mol. The molecule has 0 aromatic rings. The molecule has 3 aliphatic rings. The van der Waals surface area contributed by atoms with E-state index in [4.69, 9.17) is 4.74 Å². The molecule has 0 bridgehead atoms. The van der Waals surface area contributed by atoms with Crippen molar-refractivity contribution in [1.82, 2.24) is 10.6 Å². The van der Waals surface area contributed by atoms with Crippen LogP contribution in [-0.2, 0) is 9.53 Å². The van der Waals surface area contributed by atoms with Gasteiger partial charge in [0.1, 0.15) is 0 Å². The van der Waals surface area contributed by atoms with E-state index < -0.39 is 0 Å². The van der Waals surface area contributed by atoms with E-state index in [2.05, 4.69) is 24.5 Å². The van der Waals surface area contributed by atoms with Crippen LogP contribution in [0, 0.1) is 16.7 Å². The highest BCUT2D eigenvalue weighted by molar-refractivity contribution is 5.84. The zero-order chi connectivity index (χ0) is 14.9. The van der Waals surface area contributed by atoms with Crippen LogP contribution in [0.4, 0.5) is 0 Å². The van der Waals surface area contributed by atoms with Crippen LogP contribution in [-0.4, -0.2) is 38.3 Å². The lowest BCUT2D eigenvalue weighted by molar-refractivity contribution is -0.131. The predicted octanol–water partition coefficient (Wildman–Crippen LogP) is 2.09. The van der Waals surface area contributed by atoms with Gasteiger partial charge in [-0.25, -0.2) is 0 Å². The van der Waals surface area contributed by atoms with E-state index in [9.17, 15) is 4.79 Å². The molecule has 120 valence electrons. The first-order valence-corrected chi connectivity index (χ1v) is 8.64. The summed E-state index contributed by atoms with van der Waals surface area (Å²) in [6.45, 7) is 8.13. The first kappa shape index (κ1) is 15.3. The molecule has 0 aromatic heterocycles. The summed E-state index contributed by atoms with van der Waals surface area (Å²) in [6.07, 6.45) is 6.68. The Morgan fingerprint density at radius 3 is 2.81 bits per heavy atom. The van der Waals surface area contributed by atoms with Gasteiger partial charge in [-0.05, 0) is 50.0 Å². The van der Waals surface area contributed by atoms with Gasteiger partial charge in [-0.2, -0.15) is 0 Å². The van der Waals surface area contributed by atoms with Gasteiger partial charge in [-0.1, -0.05) is 20.3 Å². The summed E-state index contributed by atoms with van der Waals surface area (Å²) in [7, 11) is 0. The molecule has 1 amide bonds. The van der Waals surface area contributed by atoms with E-state index in [0.717, 1.165) is 58.4 Å². The third-order valence-electron chi connectivity index (χ3n) is 6.23. The number of hydrogen-bond donors (Lipinski definition) is 2. The van der Waals surface area contributed by atoms with Crippen LogP contribution in [0.1, 0.15) is 52.4 Å². The largest absolute Gasteiger partial charge is 0.381 e. The van der Waals surface area contributed by atoms with Crippen LogP contribution < -0.4 is 10.6 Å². The van der Waals surface area contributed by atoms with Crippen LogP contribution >= 0.6 is 0 Å². The van der Waals surface area contributed by atoms with Gasteiger partial charge in [0.05, 0.1) is 5.41 Å². The Labute approximate surface area is 128 Å². The molecule has 2 heterocycles. The zero-order valence-electron chi connectivity index (χ0n) is 13.5. The molecule has 0 spiro atoms. The molecule has 0 unspecified atom stereocenters. The lowest BCUT2D eigenvalue weighted by Gasteiger charge is -2.38. The second-order valence-corrected chi connectivity index (χ2v) is 7.86. The molecule has 3 rings (SSSR count). The summed E-state index contributed by atoms with van der Waals surface area (Å²) in [4.78, 5) is 12.8. The average Bonchev–Trinajstić information content (AvgIpc) is 3.06. The summed E-state index contributed by atoms with van der Waals surface area (Å²) in [5, 5.41) is 6.83. The second-order valence-electron chi connectivity index (χ2n) is 7.86. The Kier molecular flexibility index (Phi) is 4.28. The molecule has 0 aromatic carbocycles.